The summed E-state index contributed by atoms with van der Waals surface area (Å²) in [5, 5.41) is 12.4. The van der Waals surface area contributed by atoms with E-state index in [2.05, 4.69) is 5.32 Å². The average molecular weight is 260 g/mol. The number of nitrogens with zero attached hydrogens (tertiary/aromatic N) is 1. The van der Waals surface area contributed by atoms with Crippen LogP contribution >= 0.6 is 0 Å². The van der Waals surface area contributed by atoms with Crippen LogP contribution in [-0.4, -0.2) is 55.8 Å². The first-order chi connectivity index (χ1) is 8.91. The molecule has 2 amide bonds. The van der Waals surface area contributed by atoms with Gasteiger partial charge < -0.3 is 15.3 Å². The monoisotopic (exact) mass is 260 g/mol. The van der Waals surface area contributed by atoms with Gasteiger partial charge in [0.2, 0.25) is 7.85 Å². The van der Waals surface area contributed by atoms with Crippen molar-refractivity contribution in [2.75, 3.05) is 14.1 Å². The van der Waals surface area contributed by atoms with Gasteiger partial charge in [-0.3, -0.25) is 9.59 Å². The Balaban J connectivity index is 2.82. The molecule has 0 saturated heterocycles. The van der Waals surface area contributed by atoms with Gasteiger partial charge in [0.05, 0.1) is 6.04 Å². The number of amides is 2. The van der Waals surface area contributed by atoms with Crippen LogP contribution in [0.3, 0.4) is 0 Å². The van der Waals surface area contributed by atoms with E-state index < -0.39 is 23.9 Å². The van der Waals surface area contributed by atoms with Crippen molar-refractivity contribution in [2.45, 2.75) is 18.6 Å². The van der Waals surface area contributed by atoms with Crippen molar-refractivity contribution in [2.24, 2.45) is 0 Å². The van der Waals surface area contributed by atoms with E-state index in [0.717, 1.165) is 5.56 Å². The van der Waals surface area contributed by atoms with Crippen LogP contribution in [0.15, 0.2) is 30.3 Å². The van der Waals surface area contributed by atoms with Gasteiger partial charge in [0.1, 0.15) is 0 Å². The lowest BCUT2D eigenvalue weighted by Gasteiger charge is -2.25. The summed E-state index contributed by atoms with van der Waals surface area (Å²) in [7, 11) is 8.15. The molecule has 0 aliphatic heterocycles. The standard InChI is InChI=1S/C13H17BN2O3/c1-16(2)12(18)11(17)10(15-13(14)19)8-9-6-4-3-5-7-9/h3-7,10-11,17H,8H2,1-2H3,(H,15,19). The summed E-state index contributed by atoms with van der Waals surface area (Å²) in [6.45, 7) is 0. The molecule has 0 saturated carbocycles. The molecule has 0 aliphatic carbocycles. The third-order valence-electron chi connectivity index (χ3n) is 2.70. The first-order valence-electron chi connectivity index (χ1n) is 5.91. The Hall–Kier alpha value is -1.82. The number of carbonyl (C=O) groups is 2. The van der Waals surface area contributed by atoms with Gasteiger partial charge in [-0.15, -0.1) is 0 Å². The van der Waals surface area contributed by atoms with Crippen molar-refractivity contribution in [1.29, 1.82) is 0 Å². The van der Waals surface area contributed by atoms with Crippen LogP contribution in [0.2, 0.25) is 0 Å². The molecular formula is C13H17BN2O3. The number of nitrogens with one attached hydrogen (secondary N) is 1. The van der Waals surface area contributed by atoms with Crippen molar-refractivity contribution < 1.29 is 14.7 Å². The van der Waals surface area contributed by atoms with Crippen LogP contribution in [0.1, 0.15) is 5.56 Å². The lowest BCUT2D eigenvalue weighted by Crippen LogP contribution is -2.51. The van der Waals surface area contributed by atoms with Gasteiger partial charge in [-0.25, -0.2) is 0 Å². The van der Waals surface area contributed by atoms with Gasteiger partial charge in [-0.1, -0.05) is 30.3 Å². The molecule has 5 nitrogen and oxygen atoms in total. The highest BCUT2D eigenvalue weighted by molar-refractivity contribution is 6.57. The van der Waals surface area contributed by atoms with Gasteiger partial charge in [0.25, 0.3) is 5.91 Å². The summed E-state index contributed by atoms with van der Waals surface area (Å²) in [5.74, 6) is -1.25. The lowest BCUT2D eigenvalue weighted by molar-refractivity contribution is -0.138. The number of benzene rings is 1. The predicted molar refractivity (Wildman–Crippen MR) is 72.9 cm³/mol. The summed E-state index contributed by atoms with van der Waals surface area (Å²) in [6.07, 6.45) is -1.01. The van der Waals surface area contributed by atoms with Crippen molar-refractivity contribution in [1.82, 2.24) is 10.2 Å². The Kier molecular flexibility index (Phi) is 5.57. The van der Waals surface area contributed by atoms with Crippen LogP contribution in [0.4, 0.5) is 4.79 Å². The van der Waals surface area contributed by atoms with E-state index in [1.807, 2.05) is 30.3 Å². The minimum atomic E-state index is -1.33. The van der Waals surface area contributed by atoms with E-state index in [-0.39, 0.29) is 0 Å². The Morgan fingerprint density at radius 3 is 2.37 bits per heavy atom. The molecular weight excluding hydrogens is 243 g/mol. The smallest absolute Gasteiger partial charge is 0.253 e. The third-order valence-corrected chi connectivity index (χ3v) is 2.70. The second-order valence-electron chi connectivity index (χ2n) is 4.48. The predicted octanol–water partition coefficient (Wildman–Crippen LogP) is -0.0751. The quantitative estimate of drug-likeness (QED) is 0.728. The third kappa shape index (κ3) is 4.75. The molecule has 2 atom stereocenters. The number of aliphatic hydroxyl groups is 1. The normalized spacial score (nSPS) is 13.4. The van der Waals surface area contributed by atoms with Crippen LogP contribution in [0.25, 0.3) is 0 Å². The highest BCUT2D eigenvalue weighted by atomic mass is 16.3. The maximum absolute atomic E-state index is 11.7. The summed E-state index contributed by atoms with van der Waals surface area (Å²) < 4.78 is 0. The molecule has 6 heteroatoms. The number of hydrogen-bond donors (Lipinski definition) is 2. The maximum Gasteiger partial charge on any atom is 0.253 e. The Morgan fingerprint density at radius 2 is 1.89 bits per heavy atom. The van der Waals surface area contributed by atoms with Gasteiger partial charge in [-0.05, 0) is 12.0 Å². The summed E-state index contributed by atoms with van der Waals surface area (Å²) in [5.41, 5.74) is 0.895. The molecule has 2 unspecified atom stereocenters. The fraction of sp³-hybridized carbons (Fsp3) is 0.385. The number of aliphatic hydroxyl groups excluding tert-OH is 1. The Bertz CT molecular complexity index is 437. The molecule has 0 aliphatic rings. The van der Waals surface area contributed by atoms with Crippen LogP contribution in [0, 0.1) is 0 Å². The largest absolute Gasteiger partial charge is 0.381 e. The zero-order valence-corrected chi connectivity index (χ0v) is 11.0. The number of likely N-dealkylation sites (N-methyl/N-ethyl adjacent to an activating group) is 1. The minimum absolute atomic E-state index is 0.324. The van der Waals surface area contributed by atoms with E-state index in [1.54, 1.807) is 0 Å². The van der Waals surface area contributed by atoms with Crippen molar-refractivity contribution in [3.05, 3.63) is 35.9 Å². The van der Waals surface area contributed by atoms with E-state index >= 15 is 0 Å². The van der Waals surface area contributed by atoms with Gasteiger partial charge in [0, 0.05) is 14.1 Å². The zero-order chi connectivity index (χ0) is 14.4. The molecule has 2 N–H and O–H groups in total. The van der Waals surface area contributed by atoms with Crippen molar-refractivity contribution >= 4 is 19.6 Å². The van der Waals surface area contributed by atoms with Crippen LogP contribution in [0.5, 0.6) is 0 Å². The molecule has 1 rings (SSSR count). The second-order valence-corrected chi connectivity index (χ2v) is 4.48. The molecule has 1 aromatic rings. The molecule has 0 spiro atoms. The van der Waals surface area contributed by atoms with E-state index in [4.69, 9.17) is 7.85 Å². The fourth-order valence-electron chi connectivity index (χ4n) is 1.73. The maximum atomic E-state index is 11.7. The van der Waals surface area contributed by atoms with Crippen LogP contribution < -0.4 is 5.32 Å². The summed E-state index contributed by atoms with van der Waals surface area (Å²) >= 11 is 0. The molecule has 0 bridgehead atoms. The minimum Gasteiger partial charge on any atom is -0.381 e. The van der Waals surface area contributed by atoms with Gasteiger partial charge >= 0.3 is 0 Å². The Morgan fingerprint density at radius 1 is 1.32 bits per heavy atom. The van der Waals surface area contributed by atoms with E-state index in [9.17, 15) is 14.7 Å². The molecule has 19 heavy (non-hydrogen) atoms. The molecule has 100 valence electrons. The molecule has 0 fully saturated rings. The molecule has 0 heterocycles. The number of hydrogen-bond acceptors (Lipinski definition) is 3. The summed E-state index contributed by atoms with van der Waals surface area (Å²) in [4.78, 5) is 24.0. The second kappa shape index (κ2) is 6.94. The first-order valence-corrected chi connectivity index (χ1v) is 5.91. The first kappa shape index (κ1) is 15.2. The topological polar surface area (TPSA) is 69.6 Å². The van der Waals surface area contributed by atoms with Crippen molar-refractivity contribution in [3.8, 4) is 0 Å². The van der Waals surface area contributed by atoms with E-state index in [1.165, 1.54) is 19.0 Å². The lowest BCUT2D eigenvalue weighted by atomic mass is 9.98. The van der Waals surface area contributed by atoms with Crippen molar-refractivity contribution in [3.63, 3.8) is 0 Å². The van der Waals surface area contributed by atoms with E-state index in [0.29, 0.717) is 6.42 Å². The SMILES string of the molecule is [B]C(=O)NC(Cc1ccccc1)C(O)C(=O)N(C)C. The zero-order valence-electron chi connectivity index (χ0n) is 11.0. The van der Waals surface area contributed by atoms with Gasteiger partial charge in [-0.2, -0.15) is 0 Å². The molecule has 2 radical (unpaired) electrons. The fourth-order valence-corrected chi connectivity index (χ4v) is 1.73. The van der Waals surface area contributed by atoms with Gasteiger partial charge in [0.15, 0.2) is 11.9 Å². The number of carbonyl (C=O) groups excluding carboxylic acids is 2. The number of rotatable bonds is 5. The van der Waals surface area contributed by atoms with Crippen LogP contribution in [-0.2, 0) is 11.2 Å². The molecule has 1 aromatic carbocycles. The molecule has 0 aromatic heterocycles. The highest BCUT2D eigenvalue weighted by Crippen LogP contribution is 2.08. The summed E-state index contributed by atoms with van der Waals surface area (Å²) in [6, 6.07) is 8.50. The average Bonchev–Trinajstić information content (AvgIpc) is 2.36. The Labute approximate surface area is 114 Å². The highest BCUT2D eigenvalue weighted by Gasteiger charge is 2.27.